The molecule has 8 nitrogen and oxygen atoms in total. The minimum atomic E-state index is -0.917. The van der Waals surface area contributed by atoms with Crippen LogP contribution >= 0.6 is 0 Å². The summed E-state index contributed by atoms with van der Waals surface area (Å²) >= 11 is 0. The Bertz CT molecular complexity index is 500. The summed E-state index contributed by atoms with van der Waals surface area (Å²) in [5, 5.41) is 0. The van der Waals surface area contributed by atoms with Crippen LogP contribution in [0.15, 0.2) is 0 Å². The molecule has 0 radical (unpaired) electrons. The SMILES string of the molecule is CC1(C)O[C@@H]2[C@H](O1)[C@H]1OC(C)(C)OC1O[C@@H]2C(=O)OCC1CO1. The predicted molar refractivity (Wildman–Crippen MR) is 73.2 cm³/mol. The van der Waals surface area contributed by atoms with E-state index in [1.807, 2.05) is 0 Å². The minimum absolute atomic E-state index is 0.00623. The summed E-state index contributed by atoms with van der Waals surface area (Å²) in [6, 6.07) is 0. The summed E-state index contributed by atoms with van der Waals surface area (Å²) in [4.78, 5) is 12.4. The summed E-state index contributed by atoms with van der Waals surface area (Å²) in [6.07, 6.45) is -3.13. The lowest BCUT2D eigenvalue weighted by atomic mass is 9.99. The van der Waals surface area contributed by atoms with Crippen LogP contribution in [0.5, 0.6) is 0 Å². The molecular weight excluding hydrogens is 308 g/mol. The smallest absolute Gasteiger partial charge is 0.338 e. The number of fused-ring (bicyclic) bond motifs is 3. The topological polar surface area (TPSA) is 85.0 Å². The molecule has 8 heteroatoms. The highest BCUT2D eigenvalue weighted by atomic mass is 16.9. The van der Waals surface area contributed by atoms with Gasteiger partial charge in [0.05, 0.1) is 6.61 Å². The molecule has 0 spiro atoms. The van der Waals surface area contributed by atoms with Gasteiger partial charge in [-0.05, 0) is 27.7 Å². The van der Waals surface area contributed by atoms with Gasteiger partial charge in [0.25, 0.3) is 0 Å². The number of ether oxygens (including phenoxy) is 7. The molecule has 4 saturated heterocycles. The van der Waals surface area contributed by atoms with Gasteiger partial charge in [-0.1, -0.05) is 0 Å². The second-order valence-electron chi connectivity index (χ2n) is 7.18. The van der Waals surface area contributed by atoms with E-state index in [0.717, 1.165) is 0 Å². The molecule has 2 unspecified atom stereocenters. The Morgan fingerprint density at radius 3 is 2.30 bits per heavy atom. The van der Waals surface area contributed by atoms with Crippen LogP contribution in [0.2, 0.25) is 0 Å². The summed E-state index contributed by atoms with van der Waals surface area (Å²) in [6.45, 7) is 8.01. The van der Waals surface area contributed by atoms with Crippen LogP contribution in [0.4, 0.5) is 0 Å². The van der Waals surface area contributed by atoms with Crippen LogP contribution in [-0.2, 0) is 38.0 Å². The van der Waals surface area contributed by atoms with Crippen molar-refractivity contribution in [3.8, 4) is 0 Å². The first-order valence-corrected chi connectivity index (χ1v) is 7.89. The van der Waals surface area contributed by atoms with E-state index in [2.05, 4.69) is 0 Å². The van der Waals surface area contributed by atoms with E-state index in [-0.39, 0.29) is 12.7 Å². The maximum absolute atomic E-state index is 12.4. The van der Waals surface area contributed by atoms with E-state index in [1.165, 1.54) is 0 Å². The largest absolute Gasteiger partial charge is 0.461 e. The fourth-order valence-electron chi connectivity index (χ4n) is 3.22. The molecule has 0 aromatic heterocycles. The second kappa shape index (κ2) is 5.11. The lowest BCUT2D eigenvalue weighted by molar-refractivity contribution is -0.239. The Morgan fingerprint density at radius 2 is 1.61 bits per heavy atom. The number of carbonyl (C=O) groups excluding carboxylic acids is 1. The first-order valence-electron chi connectivity index (χ1n) is 7.89. The normalized spacial score (nSPS) is 46.1. The van der Waals surface area contributed by atoms with Gasteiger partial charge in [-0.15, -0.1) is 0 Å². The second-order valence-corrected chi connectivity index (χ2v) is 7.18. The first-order chi connectivity index (χ1) is 10.7. The zero-order valence-corrected chi connectivity index (χ0v) is 13.6. The third-order valence-corrected chi connectivity index (χ3v) is 4.20. The Balaban J connectivity index is 1.53. The van der Waals surface area contributed by atoms with Crippen molar-refractivity contribution in [2.75, 3.05) is 13.2 Å². The Morgan fingerprint density at radius 1 is 1.00 bits per heavy atom. The molecule has 0 aromatic rings. The number of hydrogen-bond acceptors (Lipinski definition) is 8. The lowest BCUT2D eigenvalue weighted by Crippen LogP contribution is -2.57. The maximum atomic E-state index is 12.4. The molecule has 0 N–H and O–H groups in total. The minimum Gasteiger partial charge on any atom is -0.461 e. The van der Waals surface area contributed by atoms with E-state index >= 15 is 0 Å². The van der Waals surface area contributed by atoms with Gasteiger partial charge in [0.15, 0.2) is 24.0 Å². The van der Waals surface area contributed by atoms with E-state index in [1.54, 1.807) is 27.7 Å². The van der Waals surface area contributed by atoms with Crippen molar-refractivity contribution in [3.05, 3.63) is 0 Å². The number of hydrogen-bond donors (Lipinski definition) is 0. The Kier molecular flexibility index (Phi) is 3.50. The van der Waals surface area contributed by atoms with Gasteiger partial charge >= 0.3 is 5.97 Å². The highest BCUT2D eigenvalue weighted by Gasteiger charge is 2.62. The molecule has 4 fully saturated rings. The van der Waals surface area contributed by atoms with Gasteiger partial charge in [-0.2, -0.15) is 0 Å². The Labute approximate surface area is 134 Å². The fraction of sp³-hybridized carbons (Fsp3) is 0.933. The van der Waals surface area contributed by atoms with E-state index < -0.39 is 48.2 Å². The number of rotatable bonds is 3. The molecule has 130 valence electrons. The summed E-state index contributed by atoms with van der Waals surface area (Å²) in [5.74, 6) is -2.14. The molecular formula is C15H22O8. The number of carbonyl (C=O) groups is 1. The van der Waals surface area contributed by atoms with Crippen molar-refractivity contribution < 1.29 is 38.0 Å². The van der Waals surface area contributed by atoms with Crippen molar-refractivity contribution in [1.29, 1.82) is 0 Å². The van der Waals surface area contributed by atoms with Crippen molar-refractivity contribution >= 4 is 5.97 Å². The van der Waals surface area contributed by atoms with Crippen LogP contribution in [0, 0.1) is 0 Å². The van der Waals surface area contributed by atoms with E-state index in [4.69, 9.17) is 33.2 Å². The molecule has 4 aliphatic heterocycles. The van der Waals surface area contributed by atoms with Crippen LogP contribution < -0.4 is 0 Å². The molecule has 0 saturated carbocycles. The van der Waals surface area contributed by atoms with Gasteiger partial charge in [-0.3, -0.25) is 0 Å². The molecule has 4 rings (SSSR count). The zero-order valence-electron chi connectivity index (χ0n) is 13.6. The summed E-state index contributed by atoms with van der Waals surface area (Å²) in [5.41, 5.74) is 0. The zero-order chi connectivity index (χ0) is 16.4. The lowest BCUT2D eigenvalue weighted by Gasteiger charge is -2.35. The van der Waals surface area contributed by atoms with Crippen LogP contribution in [0.1, 0.15) is 27.7 Å². The summed E-state index contributed by atoms with van der Waals surface area (Å²) < 4.78 is 39.5. The molecule has 23 heavy (non-hydrogen) atoms. The van der Waals surface area contributed by atoms with Gasteiger partial charge in [0.2, 0.25) is 0 Å². The number of epoxide rings is 1. The monoisotopic (exact) mass is 330 g/mol. The standard InChI is InChI=1S/C15H22O8/c1-14(2)20-8-9(21-14)11-13(23-15(3,4)22-11)19-10(8)12(16)18-6-7-5-17-7/h7-11,13H,5-6H2,1-4H3/t7?,8-,9+,10+,11-,13?/m1/s1. The Hall–Kier alpha value is -0.770. The summed E-state index contributed by atoms with van der Waals surface area (Å²) in [7, 11) is 0. The average molecular weight is 330 g/mol. The van der Waals surface area contributed by atoms with Crippen molar-refractivity contribution in [2.45, 2.75) is 76.1 Å². The molecule has 0 aromatic carbocycles. The quantitative estimate of drug-likeness (QED) is 0.540. The highest BCUT2D eigenvalue weighted by Crippen LogP contribution is 2.44. The van der Waals surface area contributed by atoms with E-state index in [0.29, 0.717) is 6.61 Å². The van der Waals surface area contributed by atoms with Crippen molar-refractivity contribution in [3.63, 3.8) is 0 Å². The number of esters is 1. The first kappa shape index (κ1) is 15.7. The van der Waals surface area contributed by atoms with Gasteiger partial charge in [0.1, 0.15) is 31.0 Å². The molecule has 0 bridgehead atoms. The van der Waals surface area contributed by atoms with Crippen LogP contribution in [0.3, 0.4) is 0 Å². The third kappa shape index (κ3) is 2.99. The maximum Gasteiger partial charge on any atom is 0.338 e. The van der Waals surface area contributed by atoms with Crippen molar-refractivity contribution in [2.24, 2.45) is 0 Å². The average Bonchev–Trinajstić information content (AvgIpc) is 3.13. The molecule has 0 aliphatic carbocycles. The molecule has 0 amide bonds. The third-order valence-electron chi connectivity index (χ3n) is 4.20. The molecule has 4 heterocycles. The fourth-order valence-corrected chi connectivity index (χ4v) is 3.22. The van der Waals surface area contributed by atoms with Gasteiger partial charge < -0.3 is 33.2 Å². The highest BCUT2D eigenvalue weighted by molar-refractivity contribution is 5.76. The molecule has 6 atom stereocenters. The van der Waals surface area contributed by atoms with Gasteiger partial charge in [0, 0.05) is 0 Å². The van der Waals surface area contributed by atoms with Crippen LogP contribution in [0.25, 0.3) is 0 Å². The van der Waals surface area contributed by atoms with Crippen molar-refractivity contribution in [1.82, 2.24) is 0 Å². The predicted octanol–water partition coefficient (Wildman–Crippen LogP) is 0.325. The van der Waals surface area contributed by atoms with Crippen LogP contribution in [-0.4, -0.2) is 67.6 Å². The van der Waals surface area contributed by atoms with Gasteiger partial charge in [-0.25, -0.2) is 4.79 Å². The molecule has 4 aliphatic rings. The van der Waals surface area contributed by atoms with E-state index in [9.17, 15) is 4.79 Å².